The Morgan fingerprint density at radius 3 is 1.97 bits per heavy atom. The molecule has 33 heavy (non-hydrogen) atoms. The lowest BCUT2D eigenvalue weighted by molar-refractivity contribution is -0.140. The summed E-state index contributed by atoms with van der Waals surface area (Å²) in [6.45, 7) is 4.23. The zero-order valence-corrected chi connectivity index (χ0v) is 19.2. The first-order valence-electron chi connectivity index (χ1n) is 11.4. The van der Waals surface area contributed by atoms with Gasteiger partial charge in [-0.15, -0.1) is 0 Å². The van der Waals surface area contributed by atoms with Crippen LogP contribution in [0.25, 0.3) is 0 Å². The molecule has 0 aliphatic rings. The minimum absolute atomic E-state index is 0.0303. The molecule has 0 fully saturated rings. The number of hydrogen-bond donors (Lipinski definition) is 1. The molecule has 0 aliphatic heterocycles. The molecular formula is C28H31FN2O2. The number of halogens is 1. The van der Waals surface area contributed by atoms with Crippen molar-refractivity contribution in [3.63, 3.8) is 0 Å². The van der Waals surface area contributed by atoms with Crippen LogP contribution in [0.3, 0.4) is 0 Å². The zero-order valence-electron chi connectivity index (χ0n) is 19.2. The molecular weight excluding hydrogens is 415 g/mol. The summed E-state index contributed by atoms with van der Waals surface area (Å²) in [5.41, 5.74) is 2.42. The van der Waals surface area contributed by atoms with Gasteiger partial charge < -0.3 is 10.2 Å². The molecule has 3 aromatic rings. The number of amides is 2. The number of nitrogens with zero attached hydrogens (tertiary/aromatic N) is 1. The predicted octanol–water partition coefficient (Wildman–Crippen LogP) is 5.29. The predicted molar refractivity (Wildman–Crippen MR) is 129 cm³/mol. The highest BCUT2D eigenvalue weighted by Gasteiger charge is 2.29. The SMILES string of the molecule is CCCNC(=O)C(C)N(Cc1ccccc1F)C(=O)CC(c1ccccc1)c1ccccc1. The Morgan fingerprint density at radius 1 is 0.879 bits per heavy atom. The van der Waals surface area contributed by atoms with Crippen molar-refractivity contribution in [2.75, 3.05) is 6.54 Å². The molecule has 0 bridgehead atoms. The number of carbonyl (C=O) groups is 2. The second-order valence-electron chi connectivity index (χ2n) is 8.16. The number of hydrogen-bond acceptors (Lipinski definition) is 2. The highest BCUT2D eigenvalue weighted by Crippen LogP contribution is 2.29. The first-order chi connectivity index (χ1) is 16.0. The van der Waals surface area contributed by atoms with Crippen molar-refractivity contribution < 1.29 is 14.0 Å². The smallest absolute Gasteiger partial charge is 0.242 e. The second kappa shape index (κ2) is 12.0. The molecule has 2 amide bonds. The van der Waals surface area contributed by atoms with Gasteiger partial charge in [-0.3, -0.25) is 9.59 Å². The van der Waals surface area contributed by atoms with Crippen LogP contribution in [0.5, 0.6) is 0 Å². The molecule has 5 heteroatoms. The monoisotopic (exact) mass is 446 g/mol. The molecule has 0 aromatic heterocycles. The quantitative estimate of drug-likeness (QED) is 0.460. The van der Waals surface area contributed by atoms with Crippen molar-refractivity contribution in [2.45, 2.75) is 45.2 Å². The van der Waals surface area contributed by atoms with Crippen molar-refractivity contribution in [3.8, 4) is 0 Å². The lowest BCUT2D eigenvalue weighted by Gasteiger charge is -2.30. The van der Waals surface area contributed by atoms with Crippen LogP contribution in [-0.2, 0) is 16.1 Å². The van der Waals surface area contributed by atoms with E-state index in [0.29, 0.717) is 12.1 Å². The lowest BCUT2D eigenvalue weighted by atomic mass is 9.88. The molecule has 1 N–H and O–H groups in total. The van der Waals surface area contributed by atoms with E-state index in [1.54, 1.807) is 25.1 Å². The van der Waals surface area contributed by atoms with Crippen molar-refractivity contribution in [1.82, 2.24) is 10.2 Å². The first-order valence-corrected chi connectivity index (χ1v) is 11.4. The van der Waals surface area contributed by atoms with E-state index in [1.807, 2.05) is 67.6 Å². The fraction of sp³-hybridized carbons (Fsp3) is 0.286. The number of benzene rings is 3. The topological polar surface area (TPSA) is 49.4 Å². The number of nitrogens with one attached hydrogen (secondary N) is 1. The highest BCUT2D eigenvalue weighted by atomic mass is 19.1. The van der Waals surface area contributed by atoms with Crippen LogP contribution in [0, 0.1) is 5.82 Å². The summed E-state index contributed by atoms with van der Waals surface area (Å²) in [7, 11) is 0. The minimum atomic E-state index is -0.726. The van der Waals surface area contributed by atoms with E-state index in [4.69, 9.17) is 0 Å². The molecule has 0 aliphatic carbocycles. The van der Waals surface area contributed by atoms with Gasteiger partial charge in [0.2, 0.25) is 11.8 Å². The van der Waals surface area contributed by atoms with E-state index in [9.17, 15) is 14.0 Å². The molecule has 1 atom stereocenters. The summed E-state index contributed by atoms with van der Waals surface area (Å²) in [6, 6.07) is 25.4. The summed E-state index contributed by atoms with van der Waals surface area (Å²) < 4.78 is 14.4. The van der Waals surface area contributed by atoms with Crippen LogP contribution in [0.4, 0.5) is 4.39 Å². The van der Waals surface area contributed by atoms with Crippen molar-refractivity contribution in [1.29, 1.82) is 0 Å². The van der Waals surface area contributed by atoms with E-state index in [2.05, 4.69) is 5.32 Å². The number of rotatable bonds is 10. The van der Waals surface area contributed by atoms with Gasteiger partial charge in [0, 0.05) is 31.0 Å². The molecule has 0 saturated heterocycles. The van der Waals surface area contributed by atoms with Crippen LogP contribution in [0.2, 0.25) is 0 Å². The molecule has 1 unspecified atom stereocenters. The van der Waals surface area contributed by atoms with Crippen LogP contribution in [-0.4, -0.2) is 29.3 Å². The van der Waals surface area contributed by atoms with Gasteiger partial charge in [0.1, 0.15) is 11.9 Å². The van der Waals surface area contributed by atoms with Gasteiger partial charge in [0.05, 0.1) is 0 Å². The first kappa shape index (κ1) is 24.2. The maximum Gasteiger partial charge on any atom is 0.242 e. The molecule has 0 spiro atoms. The normalized spacial score (nSPS) is 11.8. The second-order valence-corrected chi connectivity index (χ2v) is 8.16. The van der Waals surface area contributed by atoms with Gasteiger partial charge in [-0.2, -0.15) is 0 Å². The summed E-state index contributed by atoms with van der Waals surface area (Å²) in [6.07, 6.45) is 0.970. The van der Waals surface area contributed by atoms with Gasteiger partial charge in [-0.05, 0) is 30.5 Å². The largest absolute Gasteiger partial charge is 0.354 e. The molecule has 3 aromatic carbocycles. The highest BCUT2D eigenvalue weighted by molar-refractivity contribution is 5.87. The Bertz CT molecular complexity index is 1000. The average molecular weight is 447 g/mol. The van der Waals surface area contributed by atoms with Gasteiger partial charge in [-0.25, -0.2) is 4.39 Å². The van der Waals surface area contributed by atoms with Gasteiger partial charge in [0.25, 0.3) is 0 Å². The standard InChI is InChI=1S/C28H31FN2O2/c1-3-18-30-28(33)21(2)31(20-24-16-10-11-17-26(24)29)27(32)19-25(22-12-6-4-7-13-22)23-14-8-5-9-15-23/h4-17,21,25H,3,18-20H2,1-2H3,(H,30,33). The van der Waals surface area contributed by atoms with Gasteiger partial charge in [-0.1, -0.05) is 85.8 Å². The average Bonchev–Trinajstić information content (AvgIpc) is 2.85. The molecule has 0 saturated carbocycles. The molecule has 0 heterocycles. The van der Waals surface area contributed by atoms with E-state index in [1.165, 1.54) is 11.0 Å². The third kappa shape index (κ3) is 6.51. The van der Waals surface area contributed by atoms with E-state index < -0.39 is 6.04 Å². The molecule has 3 rings (SSSR count). The van der Waals surface area contributed by atoms with Crippen LogP contribution >= 0.6 is 0 Å². The van der Waals surface area contributed by atoms with E-state index in [0.717, 1.165) is 17.5 Å². The maximum absolute atomic E-state index is 14.4. The van der Waals surface area contributed by atoms with Crippen molar-refractivity contribution >= 4 is 11.8 Å². The Kier molecular flexibility index (Phi) is 8.76. The Morgan fingerprint density at radius 2 is 1.42 bits per heavy atom. The van der Waals surface area contributed by atoms with Gasteiger partial charge in [0.15, 0.2) is 0 Å². The van der Waals surface area contributed by atoms with Crippen LogP contribution in [0.1, 0.15) is 49.3 Å². The fourth-order valence-corrected chi connectivity index (χ4v) is 3.88. The number of carbonyl (C=O) groups excluding carboxylic acids is 2. The van der Waals surface area contributed by atoms with E-state index >= 15 is 0 Å². The van der Waals surface area contributed by atoms with Gasteiger partial charge >= 0.3 is 0 Å². The van der Waals surface area contributed by atoms with Crippen LogP contribution < -0.4 is 5.32 Å². The lowest BCUT2D eigenvalue weighted by Crippen LogP contribution is -2.48. The Labute approximate surface area is 195 Å². The molecule has 172 valence electrons. The summed E-state index contributed by atoms with van der Waals surface area (Å²) in [4.78, 5) is 27.9. The third-order valence-electron chi connectivity index (χ3n) is 5.80. The summed E-state index contributed by atoms with van der Waals surface area (Å²) >= 11 is 0. The van der Waals surface area contributed by atoms with Crippen LogP contribution in [0.15, 0.2) is 84.9 Å². The maximum atomic E-state index is 14.4. The Balaban J connectivity index is 1.91. The molecule has 0 radical (unpaired) electrons. The zero-order chi connectivity index (χ0) is 23.6. The summed E-state index contributed by atoms with van der Waals surface area (Å²) in [5.74, 6) is -0.999. The van der Waals surface area contributed by atoms with Crippen molar-refractivity contribution in [2.24, 2.45) is 0 Å². The summed E-state index contributed by atoms with van der Waals surface area (Å²) in [5, 5.41) is 2.86. The third-order valence-corrected chi connectivity index (χ3v) is 5.80. The Hall–Kier alpha value is -3.47. The fourth-order valence-electron chi connectivity index (χ4n) is 3.88. The van der Waals surface area contributed by atoms with Crippen molar-refractivity contribution in [3.05, 3.63) is 107 Å². The molecule has 4 nitrogen and oxygen atoms in total. The minimum Gasteiger partial charge on any atom is -0.354 e. The van der Waals surface area contributed by atoms with E-state index in [-0.39, 0.29) is 36.5 Å².